The Labute approximate surface area is 117 Å². The van der Waals surface area contributed by atoms with E-state index < -0.39 is 5.54 Å². The van der Waals surface area contributed by atoms with Crippen molar-refractivity contribution in [1.82, 2.24) is 4.98 Å². The van der Waals surface area contributed by atoms with Crippen LogP contribution in [0.25, 0.3) is 0 Å². The molecule has 1 aromatic carbocycles. The Bertz CT molecular complexity index is 542. The van der Waals surface area contributed by atoms with Gasteiger partial charge in [0.15, 0.2) is 0 Å². The first-order valence-corrected chi connectivity index (χ1v) is 6.29. The number of hydrogen-bond donors (Lipinski definition) is 3. The van der Waals surface area contributed by atoms with Gasteiger partial charge in [-0.05, 0) is 18.6 Å². The van der Waals surface area contributed by atoms with Crippen molar-refractivity contribution in [2.75, 3.05) is 17.7 Å². The number of nitrogens with one attached hydrogen (secondary N) is 1. The minimum Gasteiger partial charge on any atom is -0.399 e. The van der Waals surface area contributed by atoms with Crippen molar-refractivity contribution in [3.05, 3.63) is 53.2 Å². The molecule has 1 heterocycles. The molecule has 1 unspecified atom stereocenters. The molecule has 0 spiro atoms. The highest BCUT2D eigenvalue weighted by atomic mass is 35.5. The molecule has 0 aliphatic heterocycles. The predicted octanol–water partition coefficient (Wildman–Crippen LogP) is 2.64. The summed E-state index contributed by atoms with van der Waals surface area (Å²) < 4.78 is 0. The molecule has 2 rings (SSSR count). The number of pyridine rings is 1. The van der Waals surface area contributed by atoms with Crippen molar-refractivity contribution < 1.29 is 5.11 Å². The van der Waals surface area contributed by atoms with E-state index in [0.29, 0.717) is 16.7 Å². The minimum atomic E-state index is -0.647. The highest BCUT2D eigenvalue weighted by Crippen LogP contribution is 2.26. The Kier molecular flexibility index (Phi) is 3.93. The number of nitrogens with zero attached hydrogens (tertiary/aromatic N) is 1. The van der Waals surface area contributed by atoms with Crippen LogP contribution < -0.4 is 11.1 Å². The third kappa shape index (κ3) is 3.16. The van der Waals surface area contributed by atoms with Gasteiger partial charge in [0, 0.05) is 11.8 Å². The molecular formula is C14H16ClN3O. The van der Waals surface area contributed by atoms with Crippen LogP contribution in [0.3, 0.4) is 0 Å². The first-order valence-electron chi connectivity index (χ1n) is 5.91. The van der Waals surface area contributed by atoms with E-state index in [1.165, 1.54) is 0 Å². The van der Waals surface area contributed by atoms with Gasteiger partial charge in [0.25, 0.3) is 0 Å². The van der Waals surface area contributed by atoms with E-state index in [2.05, 4.69) is 10.3 Å². The van der Waals surface area contributed by atoms with E-state index >= 15 is 0 Å². The van der Waals surface area contributed by atoms with E-state index in [9.17, 15) is 5.11 Å². The number of aliphatic hydroxyl groups excluding tert-OH is 1. The van der Waals surface area contributed by atoms with Crippen molar-refractivity contribution in [3.8, 4) is 0 Å². The molecule has 0 aliphatic rings. The SMILES string of the molecule is CC(CO)(Nc1cc(N)cc(Cl)n1)c1ccccc1. The molecular weight excluding hydrogens is 262 g/mol. The Balaban J connectivity index is 2.33. The number of halogens is 1. The standard InChI is InChI=1S/C14H16ClN3O/c1-14(9-19,10-5-3-2-4-6-10)18-13-8-11(16)7-12(15)17-13/h2-8,19H,9H2,1H3,(H3,16,17,18). The number of anilines is 2. The average Bonchev–Trinajstić information content (AvgIpc) is 2.38. The Morgan fingerprint density at radius 3 is 2.58 bits per heavy atom. The van der Waals surface area contributed by atoms with Crippen LogP contribution in [-0.4, -0.2) is 16.7 Å². The second kappa shape index (κ2) is 5.47. The molecule has 0 bridgehead atoms. The summed E-state index contributed by atoms with van der Waals surface area (Å²) in [6.07, 6.45) is 0. The van der Waals surface area contributed by atoms with Gasteiger partial charge in [-0.15, -0.1) is 0 Å². The van der Waals surface area contributed by atoms with Gasteiger partial charge in [-0.1, -0.05) is 41.9 Å². The molecule has 4 N–H and O–H groups in total. The number of nitrogen functional groups attached to an aromatic ring is 1. The van der Waals surface area contributed by atoms with Crippen molar-refractivity contribution in [1.29, 1.82) is 0 Å². The molecule has 0 fully saturated rings. The smallest absolute Gasteiger partial charge is 0.133 e. The van der Waals surface area contributed by atoms with Crippen LogP contribution in [0.2, 0.25) is 5.15 Å². The minimum absolute atomic E-state index is 0.0783. The summed E-state index contributed by atoms with van der Waals surface area (Å²) in [5.74, 6) is 0.533. The van der Waals surface area contributed by atoms with Crippen molar-refractivity contribution in [3.63, 3.8) is 0 Å². The normalized spacial score (nSPS) is 13.8. The van der Waals surface area contributed by atoms with Crippen molar-refractivity contribution >= 4 is 23.1 Å². The zero-order valence-electron chi connectivity index (χ0n) is 10.6. The largest absolute Gasteiger partial charge is 0.399 e. The number of rotatable bonds is 4. The molecule has 19 heavy (non-hydrogen) atoms. The molecule has 0 aliphatic carbocycles. The summed E-state index contributed by atoms with van der Waals surface area (Å²) in [5.41, 5.74) is 6.56. The molecule has 1 atom stereocenters. The van der Waals surface area contributed by atoms with E-state index in [-0.39, 0.29) is 6.61 Å². The summed E-state index contributed by atoms with van der Waals surface area (Å²) in [5, 5.41) is 13.2. The monoisotopic (exact) mass is 277 g/mol. The second-order valence-electron chi connectivity index (χ2n) is 4.59. The fraction of sp³-hybridized carbons (Fsp3) is 0.214. The maximum Gasteiger partial charge on any atom is 0.133 e. The molecule has 100 valence electrons. The van der Waals surface area contributed by atoms with Crippen LogP contribution in [0, 0.1) is 0 Å². The highest BCUT2D eigenvalue weighted by Gasteiger charge is 2.26. The molecule has 0 amide bonds. The fourth-order valence-corrected chi connectivity index (χ4v) is 2.09. The number of hydrogen-bond acceptors (Lipinski definition) is 4. The Hall–Kier alpha value is -1.78. The summed E-state index contributed by atoms with van der Waals surface area (Å²) in [6, 6.07) is 12.9. The van der Waals surface area contributed by atoms with E-state index in [1.807, 2.05) is 37.3 Å². The second-order valence-corrected chi connectivity index (χ2v) is 4.98. The van der Waals surface area contributed by atoms with Gasteiger partial charge in [-0.25, -0.2) is 4.98 Å². The molecule has 4 nitrogen and oxygen atoms in total. The molecule has 0 saturated carbocycles. The molecule has 0 radical (unpaired) electrons. The van der Waals surface area contributed by atoms with E-state index in [4.69, 9.17) is 17.3 Å². The number of aromatic nitrogens is 1. The first-order chi connectivity index (χ1) is 9.03. The summed E-state index contributed by atoms with van der Waals surface area (Å²) in [7, 11) is 0. The zero-order valence-corrected chi connectivity index (χ0v) is 11.4. The predicted molar refractivity (Wildman–Crippen MR) is 78.2 cm³/mol. The Morgan fingerprint density at radius 2 is 2.00 bits per heavy atom. The molecule has 5 heteroatoms. The summed E-state index contributed by atoms with van der Waals surface area (Å²) in [4.78, 5) is 4.16. The molecule has 2 aromatic rings. The lowest BCUT2D eigenvalue weighted by molar-refractivity contribution is 0.223. The lowest BCUT2D eigenvalue weighted by atomic mass is 9.93. The van der Waals surface area contributed by atoms with Gasteiger partial charge in [0.1, 0.15) is 11.0 Å². The topological polar surface area (TPSA) is 71.2 Å². The molecule has 1 aromatic heterocycles. The van der Waals surface area contributed by atoms with Crippen molar-refractivity contribution in [2.24, 2.45) is 0 Å². The van der Waals surface area contributed by atoms with Gasteiger partial charge >= 0.3 is 0 Å². The van der Waals surface area contributed by atoms with Crippen LogP contribution in [0.15, 0.2) is 42.5 Å². The zero-order chi connectivity index (χ0) is 13.9. The number of nitrogens with two attached hydrogens (primary N) is 1. The molecule has 0 saturated heterocycles. The Morgan fingerprint density at radius 1 is 1.32 bits per heavy atom. The maximum atomic E-state index is 9.68. The third-order valence-corrected chi connectivity index (χ3v) is 3.14. The lowest BCUT2D eigenvalue weighted by Crippen LogP contribution is -2.36. The van der Waals surface area contributed by atoms with Crippen LogP contribution in [-0.2, 0) is 5.54 Å². The lowest BCUT2D eigenvalue weighted by Gasteiger charge is -2.30. The first kappa shape index (κ1) is 13.6. The van der Waals surface area contributed by atoms with E-state index in [0.717, 1.165) is 5.56 Å². The van der Waals surface area contributed by atoms with Crippen LogP contribution in [0.5, 0.6) is 0 Å². The third-order valence-electron chi connectivity index (χ3n) is 2.95. The number of aliphatic hydroxyl groups is 1. The number of benzene rings is 1. The van der Waals surface area contributed by atoms with Crippen LogP contribution in [0.1, 0.15) is 12.5 Å². The van der Waals surface area contributed by atoms with Crippen molar-refractivity contribution in [2.45, 2.75) is 12.5 Å². The van der Waals surface area contributed by atoms with Crippen LogP contribution >= 0.6 is 11.6 Å². The van der Waals surface area contributed by atoms with Gasteiger partial charge in [-0.2, -0.15) is 0 Å². The summed E-state index contributed by atoms with van der Waals surface area (Å²) >= 11 is 5.87. The van der Waals surface area contributed by atoms with Gasteiger partial charge in [0.05, 0.1) is 12.1 Å². The van der Waals surface area contributed by atoms with Gasteiger partial charge in [-0.3, -0.25) is 0 Å². The van der Waals surface area contributed by atoms with Gasteiger partial charge < -0.3 is 16.2 Å². The highest BCUT2D eigenvalue weighted by molar-refractivity contribution is 6.29. The average molecular weight is 278 g/mol. The van der Waals surface area contributed by atoms with E-state index in [1.54, 1.807) is 12.1 Å². The fourth-order valence-electron chi connectivity index (χ4n) is 1.87. The quantitative estimate of drug-likeness (QED) is 0.752. The van der Waals surface area contributed by atoms with Gasteiger partial charge in [0.2, 0.25) is 0 Å². The summed E-state index contributed by atoms with van der Waals surface area (Å²) in [6.45, 7) is 1.81. The van der Waals surface area contributed by atoms with Crippen LogP contribution in [0.4, 0.5) is 11.5 Å². The maximum absolute atomic E-state index is 9.68.